The lowest BCUT2D eigenvalue weighted by atomic mass is 10.1. The van der Waals surface area contributed by atoms with Crippen molar-refractivity contribution in [2.75, 3.05) is 6.61 Å². The Bertz CT molecular complexity index is 665. The van der Waals surface area contributed by atoms with E-state index < -0.39 is 12.1 Å². The number of ether oxygens (including phenoxy) is 2. The fraction of sp³-hybridized carbons (Fsp3) is 0.400. The first-order valence-electron chi connectivity index (χ1n) is 8.54. The van der Waals surface area contributed by atoms with E-state index in [4.69, 9.17) is 9.47 Å². The summed E-state index contributed by atoms with van der Waals surface area (Å²) >= 11 is 0. The van der Waals surface area contributed by atoms with Crippen molar-refractivity contribution in [3.8, 4) is 5.75 Å². The van der Waals surface area contributed by atoms with Gasteiger partial charge in [0.1, 0.15) is 5.75 Å². The summed E-state index contributed by atoms with van der Waals surface area (Å²) in [6.45, 7) is 6.25. The van der Waals surface area contributed by atoms with Crippen molar-refractivity contribution in [3.63, 3.8) is 0 Å². The van der Waals surface area contributed by atoms with Gasteiger partial charge in [0, 0.05) is 18.3 Å². The summed E-state index contributed by atoms with van der Waals surface area (Å²) in [6, 6.07) is 11.1. The lowest BCUT2D eigenvalue weighted by Gasteiger charge is -2.17. The molecule has 134 valence electrons. The smallest absolute Gasteiger partial charge is 0.337 e. The fourth-order valence-electron chi connectivity index (χ4n) is 2.38. The summed E-state index contributed by atoms with van der Waals surface area (Å²) in [6.07, 6.45) is 2.47. The number of carboxylic acids is 1. The Kier molecular flexibility index (Phi) is 6.95. The largest absolute Gasteiger partial charge is 0.493 e. The van der Waals surface area contributed by atoms with Crippen LogP contribution in [0.3, 0.4) is 0 Å². The Hall–Kier alpha value is -2.40. The highest BCUT2D eigenvalue weighted by atomic mass is 16.5. The van der Waals surface area contributed by atoms with Crippen LogP contribution in [0.1, 0.15) is 43.7 Å². The molecule has 2 rings (SSSR count). The zero-order valence-electron chi connectivity index (χ0n) is 14.9. The van der Waals surface area contributed by atoms with Gasteiger partial charge in [-0.3, -0.25) is 4.98 Å². The summed E-state index contributed by atoms with van der Waals surface area (Å²) in [4.78, 5) is 15.7. The molecule has 0 aliphatic rings. The first kappa shape index (κ1) is 18.9. The van der Waals surface area contributed by atoms with Crippen molar-refractivity contribution in [3.05, 3.63) is 59.4 Å². The number of pyridine rings is 1. The molecule has 0 fully saturated rings. The molecule has 0 aliphatic carbocycles. The van der Waals surface area contributed by atoms with E-state index in [0.29, 0.717) is 17.9 Å². The maximum absolute atomic E-state index is 11.3. The average Bonchev–Trinajstić information content (AvgIpc) is 2.60. The van der Waals surface area contributed by atoms with Crippen LogP contribution in [0.4, 0.5) is 0 Å². The van der Waals surface area contributed by atoms with E-state index in [1.807, 2.05) is 26.1 Å². The molecule has 1 heterocycles. The predicted octanol–water partition coefficient (Wildman–Crippen LogP) is 3.82. The molecule has 0 aliphatic heterocycles. The van der Waals surface area contributed by atoms with E-state index in [-0.39, 0.29) is 6.10 Å². The standard InChI is InChI=1S/C20H25NO4/c1-4-15-5-8-17(21-13-15)11-12-24-18-9-6-16(7-10-18)19(20(22)23)25-14(2)3/h5-10,13-14,19H,4,11-12H2,1-3H3,(H,22,23). The topological polar surface area (TPSA) is 68.7 Å². The molecule has 5 heteroatoms. The minimum atomic E-state index is -0.996. The lowest BCUT2D eigenvalue weighted by Crippen LogP contribution is -2.19. The van der Waals surface area contributed by atoms with Gasteiger partial charge in [-0.15, -0.1) is 0 Å². The number of hydrogen-bond acceptors (Lipinski definition) is 4. The van der Waals surface area contributed by atoms with Crippen LogP contribution < -0.4 is 4.74 Å². The van der Waals surface area contributed by atoms with Crippen molar-refractivity contribution >= 4 is 5.97 Å². The van der Waals surface area contributed by atoms with E-state index in [1.165, 1.54) is 5.56 Å². The average molecular weight is 343 g/mol. The maximum Gasteiger partial charge on any atom is 0.337 e. The molecular weight excluding hydrogens is 318 g/mol. The van der Waals surface area contributed by atoms with Crippen LogP contribution in [0.5, 0.6) is 5.75 Å². The first-order chi connectivity index (χ1) is 12.0. The van der Waals surface area contributed by atoms with Gasteiger partial charge in [-0.1, -0.05) is 25.1 Å². The molecule has 0 spiro atoms. The van der Waals surface area contributed by atoms with E-state index in [9.17, 15) is 9.90 Å². The molecule has 2 aromatic rings. The Morgan fingerprint density at radius 2 is 1.88 bits per heavy atom. The number of aryl methyl sites for hydroxylation is 1. The van der Waals surface area contributed by atoms with Crippen LogP contribution >= 0.6 is 0 Å². The predicted molar refractivity (Wildman–Crippen MR) is 95.9 cm³/mol. The number of carbonyl (C=O) groups is 1. The molecule has 0 saturated carbocycles. The molecule has 1 unspecified atom stereocenters. The SMILES string of the molecule is CCc1ccc(CCOc2ccc(C(OC(C)C)C(=O)O)cc2)nc1. The molecule has 0 radical (unpaired) electrons. The Morgan fingerprint density at radius 1 is 1.16 bits per heavy atom. The number of nitrogens with zero attached hydrogens (tertiary/aromatic N) is 1. The highest BCUT2D eigenvalue weighted by Gasteiger charge is 2.21. The molecule has 1 atom stereocenters. The van der Waals surface area contributed by atoms with E-state index in [2.05, 4.69) is 18.0 Å². The maximum atomic E-state index is 11.3. The number of aromatic nitrogens is 1. The van der Waals surface area contributed by atoms with Crippen LogP contribution in [-0.2, 0) is 22.4 Å². The van der Waals surface area contributed by atoms with Gasteiger partial charge in [0.15, 0.2) is 6.10 Å². The van der Waals surface area contributed by atoms with Gasteiger partial charge >= 0.3 is 5.97 Å². The number of benzene rings is 1. The second-order valence-electron chi connectivity index (χ2n) is 6.08. The van der Waals surface area contributed by atoms with Crippen LogP contribution in [0.2, 0.25) is 0 Å². The number of aliphatic carboxylic acids is 1. The van der Waals surface area contributed by atoms with Crippen molar-refractivity contribution in [1.82, 2.24) is 4.98 Å². The molecule has 0 saturated heterocycles. The molecule has 0 amide bonds. The summed E-state index contributed by atoms with van der Waals surface area (Å²) in [5.41, 5.74) is 2.81. The van der Waals surface area contributed by atoms with Crippen molar-refractivity contribution < 1.29 is 19.4 Å². The van der Waals surface area contributed by atoms with Gasteiger partial charge in [0.2, 0.25) is 0 Å². The summed E-state index contributed by atoms with van der Waals surface area (Å²) in [7, 11) is 0. The Morgan fingerprint density at radius 3 is 2.40 bits per heavy atom. The van der Waals surface area contributed by atoms with Crippen molar-refractivity contribution in [2.45, 2.75) is 45.8 Å². The third kappa shape index (κ3) is 5.87. The first-order valence-corrected chi connectivity index (χ1v) is 8.54. The second kappa shape index (κ2) is 9.18. The minimum Gasteiger partial charge on any atom is -0.493 e. The normalized spacial score (nSPS) is 12.2. The number of rotatable bonds is 9. The summed E-state index contributed by atoms with van der Waals surface area (Å²) in [5.74, 6) is -0.299. The minimum absolute atomic E-state index is 0.163. The van der Waals surface area contributed by atoms with E-state index in [1.54, 1.807) is 24.3 Å². The van der Waals surface area contributed by atoms with Gasteiger partial charge < -0.3 is 14.6 Å². The molecule has 25 heavy (non-hydrogen) atoms. The summed E-state index contributed by atoms with van der Waals surface area (Å²) < 4.78 is 11.2. The van der Waals surface area contributed by atoms with E-state index in [0.717, 1.165) is 18.5 Å². The molecule has 0 bridgehead atoms. The van der Waals surface area contributed by atoms with Crippen molar-refractivity contribution in [1.29, 1.82) is 0 Å². The molecule has 1 aromatic carbocycles. The van der Waals surface area contributed by atoms with Crippen LogP contribution in [0.15, 0.2) is 42.6 Å². The molecular formula is C20H25NO4. The highest BCUT2D eigenvalue weighted by molar-refractivity contribution is 5.74. The zero-order chi connectivity index (χ0) is 18.2. The van der Waals surface area contributed by atoms with Crippen molar-refractivity contribution in [2.24, 2.45) is 0 Å². The van der Waals surface area contributed by atoms with Crippen LogP contribution in [0.25, 0.3) is 0 Å². The quantitative estimate of drug-likeness (QED) is 0.750. The van der Waals surface area contributed by atoms with Gasteiger partial charge in [-0.25, -0.2) is 4.79 Å². The third-order valence-electron chi connectivity index (χ3n) is 3.74. The summed E-state index contributed by atoms with van der Waals surface area (Å²) in [5, 5.41) is 9.29. The molecule has 5 nitrogen and oxygen atoms in total. The van der Waals surface area contributed by atoms with E-state index >= 15 is 0 Å². The Balaban J connectivity index is 1.89. The highest BCUT2D eigenvalue weighted by Crippen LogP contribution is 2.22. The lowest BCUT2D eigenvalue weighted by molar-refractivity contribution is -0.153. The van der Waals surface area contributed by atoms with Gasteiger partial charge in [-0.05, 0) is 49.6 Å². The third-order valence-corrected chi connectivity index (χ3v) is 3.74. The fourth-order valence-corrected chi connectivity index (χ4v) is 2.38. The Labute approximate surface area is 148 Å². The monoisotopic (exact) mass is 343 g/mol. The zero-order valence-corrected chi connectivity index (χ0v) is 14.9. The molecule has 1 aromatic heterocycles. The van der Waals surface area contributed by atoms with Gasteiger partial charge in [0.05, 0.1) is 12.7 Å². The second-order valence-corrected chi connectivity index (χ2v) is 6.08. The van der Waals surface area contributed by atoms with Gasteiger partial charge in [0.25, 0.3) is 0 Å². The van der Waals surface area contributed by atoms with Crippen LogP contribution in [-0.4, -0.2) is 28.8 Å². The van der Waals surface area contributed by atoms with Gasteiger partial charge in [-0.2, -0.15) is 0 Å². The number of carboxylic acid groups (broad SMARTS) is 1. The molecule has 1 N–H and O–H groups in total. The van der Waals surface area contributed by atoms with Crippen LogP contribution in [0, 0.1) is 0 Å². The number of hydrogen-bond donors (Lipinski definition) is 1.